The summed E-state index contributed by atoms with van der Waals surface area (Å²) in [6, 6.07) is 70.4. The number of hydrogen-bond donors (Lipinski definition) is 0. The normalized spacial score (nSPS) is 11.0. The molecule has 3 nitrogen and oxygen atoms in total. The fourth-order valence-electron chi connectivity index (χ4n) is 6.96. The van der Waals surface area contributed by atoms with Crippen molar-refractivity contribution in [3.8, 4) is 89.5 Å². The molecule has 0 amide bonds. The Morgan fingerprint density at radius 3 is 1.02 bits per heavy atom. The van der Waals surface area contributed by atoms with Crippen LogP contribution >= 0.6 is 0 Å². The minimum Gasteiger partial charge on any atom is -0.265 e. The smallest absolute Gasteiger partial charge is 0.160 e. The van der Waals surface area contributed by atoms with Gasteiger partial charge in [-0.15, -0.1) is 0 Å². The molecule has 0 aliphatic rings. The lowest BCUT2D eigenvalue weighted by molar-refractivity contribution is 1.18. The van der Waals surface area contributed by atoms with E-state index in [1.54, 1.807) is 0 Å². The van der Waals surface area contributed by atoms with Gasteiger partial charge in [0.1, 0.15) is 0 Å². The zero-order valence-corrected chi connectivity index (χ0v) is 29.5. The van der Waals surface area contributed by atoms with Gasteiger partial charge in [0.15, 0.2) is 5.82 Å². The second-order valence-electron chi connectivity index (χ2n) is 13.3. The number of aromatic nitrogens is 3. The molecular weight excluding hydrogens is 655 g/mol. The van der Waals surface area contributed by atoms with Crippen LogP contribution in [0.2, 0.25) is 0 Å². The summed E-state index contributed by atoms with van der Waals surface area (Å²) >= 11 is 0. The highest BCUT2D eigenvalue weighted by atomic mass is 14.9. The third-order valence-corrected chi connectivity index (χ3v) is 9.81. The molecule has 2 aromatic heterocycles. The molecule has 3 heteroatoms. The monoisotopic (exact) mass is 689 g/mol. The SMILES string of the molecule is c1ccc(-c2cccc(-c3cccc(-c4cccc(-c5cccc(-c6nc(-c7ccccc7)cc(-c7ccc(-c8ccncc8)cc7)n6)c5)c4)c3)c2)cc1. The largest absolute Gasteiger partial charge is 0.265 e. The molecule has 0 bridgehead atoms. The average molecular weight is 690 g/mol. The fourth-order valence-corrected chi connectivity index (χ4v) is 6.96. The Hall–Kier alpha value is -7.23. The Bertz CT molecular complexity index is 2690. The molecule has 9 aromatic rings. The van der Waals surface area contributed by atoms with Crippen molar-refractivity contribution in [2.45, 2.75) is 0 Å². The van der Waals surface area contributed by atoms with Crippen LogP contribution in [-0.4, -0.2) is 15.0 Å². The highest BCUT2D eigenvalue weighted by molar-refractivity contribution is 5.81. The number of nitrogens with zero attached hydrogens (tertiary/aromatic N) is 3. The third-order valence-electron chi connectivity index (χ3n) is 9.81. The maximum atomic E-state index is 5.14. The van der Waals surface area contributed by atoms with Gasteiger partial charge >= 0.3 is 0 Å². The molecule has 9 rings (SSSR count). The summed E-state index contributed by atoms with van der Waals surface area (Å²) in [5.41, 5.74) is 16.5. The quantitative estimate of drug-likeness (QED) is 0.159. The standard InChI is InChI=1S/C51H35N3/c1-3-11-36(12-4-1)41-15-7-16-42(31-41)43-17-8-18-44(32-43)45-19-9-20-46(33-45)47-21-10-22-48(34-47)51-53-49(39-13-5-2-6-14-39)35-50(54-51)40-25-23-37(24-26-40)38-27-29-52-30-28-38/h1-35H. The van der Waals surface area contributed by atoms with Crippen LogP contribution in [0, 0.1) is 0 Å². The molecule has 0 N–H and O–H groups in total. The van der Waals surface area contributed by atoms with E-state index < -0.39 is 0 Å². The molecular formula is C51H35N3. The zero-order valence-electron chi connectivity index (χ0n) is 29.5. The average Bonchev–Trinajstić information content (AvgIpc) is 3.27. The van der Waals surface area contributed by atoms with Gasteiger partial charge in [0.05, 0.1) is 11.4 Å². The lowest BCUT2D eigenvalue weighted by Crippen LogP contribution is -1.96. The van der Waals surface area contributed by atoms with Crippen LogP contribution in [0.4, 0.5) is 0 Å². The first-order valence-corrected chi connectivity index (χ1v) is 18.2. The van der Waals surface area contributed by atoms with Crippen molar-refractivity contribution in [3.63, 3.8) is 0 Å². The van der Waals surface area contributed by atoms with Gasteiger partial charge in [-0.3, -0.25) is 4.98 Å². The summed E-state index contributed by atoms with van der Waals surface area (Å²) in [5, 5.41) is 0. The van der Waals surface area contributed by atoms with Gasteiger partial charge in [-0.25, -0.2) is 9.97 Å². The number of hydrogen-bond acceptors (Lipinski definition) is 3. The predicted octanol–water partition coefficient (Wildman–Crippen LogP) is 13.2. The van der Waals surface area contributed by atoms with Crippen LogP contribution in [0.1, 0.15) is 0 Å². The summed E-state index contributed by atoms with van der Waals surface area (Å²) in [6.45, 7) is 0. The molecule has 0 saturated carbocycles. The molecule has 0 aliphatic carbocycles. The number of benzene rings is 7. The third kappa shape index (κ3) is 6.99. The van der Waals surface area contributed by atoms with Gasteiger partial charge < -0.3 is 0 Å². The predicted molar refractivity (Wildman–Crippen MR) is 223 cm³/mol. The van der Waals surface area contributed by atoms with Gasteiger partial charge in [-0.05, 0) is 98.1 Å². The van der Waals surface area contributed by atoms with Gasteiger partial charge in [-0.2, -0.15) is 0 Å². The van der Waals surface area contributed by atoms with Crippen molar-refractivity contribution in [2.24, 2.45) is 0 Å². The van der Waals surface area contributed by atoms with Gasteiger partial charge in [-0.1, -0.05) is 158 Å². The van der Waals surface area contributed by atoms with E-state index in [1.165, 1.54) is 33.4 Å². The van der Waals surface area contributed by atoms with Crippen LogP contribution in [-0.2, 0) is 0 Å². The second-order valence-corrected chi connectivity index (χ2v) is 13.3. The Morgan fingerprint density at radius 1 is 0.222 bits per heavy atom. The molecule has 0 atom stereocenters. The number of rotatable bonds is 8. The van der Waals surface area contributed by atoms with E-state index in [1.807, 2.05) is 42.7 Å². The minimum absolute atomic E-state index is 0.688. The number of pyridine rings is 1. The molecule has 2 heterocycles. The van der Waals surface area contributed by atoms with Crippen LogP contribution in [0.15, 0.2) is 213 Å². The summed E-state index contributed by atoms with van der Waals surface area (Å²) in [5.74, 6) is 0.688. The second kappa shape index (κ2) is 14.8. The van der Waals surface area contributed by atoms with E-state index in [9.17, 15) is 0 Å². The molecule has 0 saturated heterocycles. The molecule has 0 radical (unpaired) electrons. The summed E-state index contributed by atoms with van der Waals surface area (Å²) in [4.78, 5) is 14.4. The van der Waals surface area contributed by atoms with Crippen molar-refractivity contribution in [3.05, 3.63) is 213 Å². The maximum Gasteiger partial charge on any atom is 0.160 e. The molecule has 0 fully saturated rings. The highest BCUT2D eigenvalue weighted by Gasteiger charge is 2.13. The summed E-state index contributed by atoms with van der Waals surface area (Å²) < 4.78 is 0. The lowest BCUT2D eigenvalue weighted by Gasteiger charge is -2.12. The first-order valence-electron chi connectivity index (χ1n) is 18.2. The van der Waals surface area contributed by atoms with E-state index in [2.05, 4.69) is 175 Å². The highest BCUT2D eigenvalue weighted by Crippen LogP contribution is 2.34. The summed E-state index contributed by atoms with van der Waals surface area (Å²) in [6.07, 6.45) is 3.64. The van der Waals surface area contributed by atoms with Crippen LogP contribution in [0.3, 0.4) is 0 Å². The molecule has 0 unspecified atom stereocenters. The van der Waals surface area contributed by atoms with Gasteiger partial charge in [0.2, 0.25) is 0 Å². The fraction of sp³-hybridized carbons (Fsp3) is 0. The van der Waals surface area contributed by atoms with Crippen molar-refractivity contribution >= 4 is 0 Å². The molecule has 7 aromatic carbocycles. The maximum absolute atomic E-state index is 5.14. The molecule has 0 aliphatic heterocycles. The topological polar surface area (TPSA) is 38.7 Å². The van der Waals surface area contributed by atoms with Gasteiger partial charge in [0, 0.05) is 29.1 Å². The zero-order chi connectivity index (χ0) is 36.1. The Kier molecular flexibility index (Phi) is 8.94. The lowest BCUT2D eigenvalue weighted by atomic mass is 9.94. The van der Waals surface area contributed by atoms with E-state index in [4.69, 9.17) is 9.97 Å². The van der Waals surface area contributed by atoms with E-state index in [-0.39, 0.29) is 0 Å². The van der Waals surface area contributed by atoms with Crippen LogP contribution < -0.4 is 0 Å². The van der Waals surface area contributed by atoms with E-state index in [0.29, 0.717) is 5.82 Å². The van der Waals surface area contributed by atoms with Crippen molar-refractivity contribution < 1.29 is 0 Å². The van der Waals surface area contributed by atoms with Crippen LogP contribution in [0.25, 0.3) is 89.5 Å². The summed E-state index contributed by atoms with van der Waals surface area (Å²) in [7, 11) is 0. The van der Waals surface area contributed by atoms with Crippen LogP contribution in [0.5, 0.6) is 0 Å². The molecule has 54 heavy (non-hydrogen) atoms. The first-order chi connectivity index (χ1) is 26.7. The molecule has 254 valence electrons. The first kappa shape index (κ1) is 32.7. The Balaban J connectivity index is 1.05. The van der Waals surface area contributed by atoms with E-state index >= 15 is 0 Å². The van der Waals surface area contributed by atoms with Gasteiger partial charge in [0.25, 0.3) is 0 Å². The van der Waals surface area contributed by atoms with Crippen molar-refractivity contribution in [2.75, 3.05) is 0 Å². The molecule has 0 spiro atoms. The van der Waals surface area contributed by atoms with Crippen molar-refractivity contribution in [1.29, 1.82) is 0 Å². The Morgan fingerprint density at radius 2 is 0.537 bits per heavy atom. The minimum atomic E-state index is 0.688. The van der Waals surface area contributed by atoms with E-state index in [0.717, 1.165) is 50.3 Å². The van der Waals surface area contributed by atoms with Crippen molar-refractivity contribution in [1.82, 2.24) is 15.0 Å². The Labute approximate surface area is 316 Å².